The number of fused-ring (bicyclic) bond motifs is 20. The summed E-state index contributed by atoms with van der Waals surface area (Å²) in [6, 6.07) is 82.8. The Morgan fingerprint density at radius 1 is 0.291 bits per heavy atom. The van der Waals surface area contributed by atoms with Crippen LogP contribution < -0.4 is 0 Å². The third-order valence-electron chi connectivity index (χ3n) is 18.4. The molecule has 86 heavy (non-hydrogen) atoms. The van der Waals surface area contributed by atoms with Crippen molar-refractivity contribution in [1.29, 1.82) is 5.26 Å². The topological polar surface area (TPSA) is 43.5 Å². The Morgan fingerprint density at radius 3 is 1.03 bits per heavy atom. The van der Waals surface area contributed by atoms with E-state index in [0.717, 1.165) is 132 Å². The summed E-state index contributed by atoms with van der Waals surface area (Å²) in [5, 5.41) is 27.5. The average molecular weight is 1140 g/mol. The summed E-state index contributed by atoms with van der Waals surface area (Å²) >= 11 is 3.68. The molecule has 0 aliphatic rings. The molecule has 0 aliphatic heterocycles. The van der Waals surface area contributed by atoms with Gasteiger partial charge in [-0.3, -0.25) is 0 Å². The van der Waals surface area contributed by atoms with Crippen LogP contribution in [-0.4, -0.2) is 18.3 Å². The van der Waals surface area contributed by atoms with E-state index in [0.29, 0.717) is 5.56 Å². The van der Waals surface area contributed by atoms with Crippen LogP contribution in [0.5, 0.6) is 0 Å². The fourth-order valence-electron chi connectivity index (χ4n) is 15.0. The van der Waals surface area contributed by atoms with E-state index in [1.165, 1.54) is 62.6 Å². The smallest absolute Gasteiger partial charge is 0.104 e. The summed E-state index contributed by atoms with van der Waals surface area (Å²) in [4.78, 5) is 0. The first-order valence-electron chi connectivity index (χ1n) is 29.5. The van der Waals surface area contributed by atoms with Gasteiger partial charge in [-0.05, 0) is 120 Å². The van der Waals surface area contributed by atoms with Gasteiger partial charge in [-0.15, -0.1) is 22.7 Å². The summed E-state index contributed by atoms with van der Waals surface area (Å²) in [6.45, 7) is 13.3. The highest BCUT2D eigenvalue weighted by Crippen LogP contribution is 2.54. The highest BCUT2D eigenvalue weighted by Gasteiger charge is 2.36. The molecule has 0 spiro atoms. The lowest BCUT2D eigenvalue weighted by Crippen LogP contribution is -2.16. The summed E-state index contributed by atoms with van der Waals surface area (Å²) in [7, 11) is 0. The minimum atomic E-state index is 0.563. The molecule has 0 saturated carbocycles. The van der Waals surface area contributed by atoms with Gasteiger partial charge in [0.2, 0.25) is 0 Å². The first-order valence-corrected chi connectivity index (χ1v) is 31.2. The second kappa shape index (κ2) is 17.9. The highest BCUT2D eigenvalue weighted by molar-refractivity contribution is 7.27. The maximum Gasteiger partial charge on any atom is 0.104 e. The van der Waals surface area contributed by atoms with E-state index in [9.17, 15) is 5.26 Å². The largest absolute Gasteiger partial charge is 0.306 e. The number of para-hydroxylation sites is 2. The van der Waals surface area contributed by atoms with Crippen molar-refractivity contribution in [3.8, 4) is 39.9 Å². The van der Waals surface area contributed by atoms with Crippen molar-refractivity contribution >= 4 is 150 Å². The van der Waals surface area contributed by atoms with Crippen LogP contribution in [0.1, 0.15) is 38.9 Å². The molecular weight excluding hydrogens is 1080 g/mol. The Hall–Kier alpha value is -10.2. The fourth-order valence-corrected chi connectivity index (χ4v) is 17.5. The first-order chi connectivity index (χ1) is 42.1. The van der Waals surface area contributed by atoms with Crippen molar-refractivity contribution in [3.63, 3.8) is 0 Å². The van der Waals surface area contributed by atoms with E-state index >= 15 is 0 Å². The van der Waals surface area contributed by atoms with E-state index in [1.807, 2.05) is 22.7 Å². The van der Waals surface area contributed by atoms with E-state index in [-0.39, 0.29) is 0 Å². The monoisotopic (exact) mass is 1140 g/mol. The Morgan fingerprint density at radius 2 is 0.640 bits per heavy atom. The molecule has 406 valence electrons. The van der Waals surface area contributed by atoms with Gasteiger partial charge in [-0.1, -0.05) is 173 Å². The summed E-state index contributed by atoms with van der Waals surface area (Å²) in [6.07, 6.45) is 0. The molecule has 18 rings (SSSR count). The predicted octanol–water partition coefficient (Wildman–Crippen LogP) is 22.2. The van der Waals surface area contributed by atoms with Crippen LogP contribution in [0.4, 0.5) is 0 Å². The Balaban J connectivity index is 1.22. The highest BCUT2D eigenvalue weighted by atomic mass is 32.1. The lowest BCUT2D eigenvalue weighted by atomic mass is 9.91. The van der Waals surface area contributed by atoms with Crippen molar-refractivity contribution in [2.24, 2.45) is 0 Å². The minimum absolute atomic E-state index is 0.563. The molecule has 0 aliphatic carbocycles. The van der Waals surface area contributed by atoms with Crippen molar-refractivity contribution in [2.45, 2.75) is 41.5 Å². The molecule has 0 saturated heterocycles. The van der Waals surface area contributed by atoms with Crippen LogP contribution in [0, 0.1) is 52.9 Å². The fraction of sp³-hybridized carbons (Fsp3) is 0.0759. The molecule has 0 amide bonds. The lowest BCUT2D eigenvalue weighted by Gasteiger charge is -2.29. The molecule has 18 aromatic rings. The Labute approximate surface area is 503 Å². The van der Waals surface area contributed by atoms with Gasteiger partial charge in [-0.2, -0.15) is 5.26 Å². The van der Waals surface area contributed by atoms with Crippen LogP contribution in [0.25, 0.3) is 161 Å². The third-order valence-corrected chi connectivity index (χ3v) is 20.8. The molecule has 0 bridgehead atoms. The number of nitriles is 1. The predicted molar refractivity (Wildman–Crippen MR) is 368 cm³/mol. The van der Waals surface area contributed by atoms with Crippen LogP contribution in [0.2, 0.25) is 0 Å². The molecule has 0 fully saturated rings. The van der Waals surface area contributed by atoms with Crippen LogP contribution >= 0.6 is 22.7 Å². The molecule has 0 unspecified atom stereocenters. The average Bonchev–Trinajstić information content (AvgIpc) is 1.44. The van der Waals surface area contributed by atoms with Gasteiger partial charge in [0.05, 0.1) is 76.3 Å². The number of benzene rings is 12. The standard InChI is InChI=1S/C79H53N5S2/c1-43-23-31-65-58(38-43)59-39-44(2)24-32-66(59)81(65)76-71(49-36-47(5)35-48(6)37-49)77(82-67-33-25-45(3)40-60(67)61-41-46(4)26-34-68(61)82)73(84-64-20-12-8-16-51(64)55-28-30-57-53-18-10-14-22-70(53)86-79(57)75(55)84)62(42-80)72(76)83-63-19-11-7-15-50(63)54-27-29-56-52-17-9-13-21-69(52)85-78(56)74(54)83/h7-41H,1-6H3. The zero-order chi connectivity index (χ0) is 57.5. The van der Waals surface area contributed by atoms with Gasteiger partial charge in [0.25, 0.3) is 0 Å². The molecule has 6 aromatic heterocycles. The minimum Gasteiger partial charge on any atom is -0.306 e. The zero-order valence-corrected chi connectivity index (χ0v) is 49.9. The number of aromatic nitrogens is 4. The molecule has 7 heteroatoms. The van der Waals surface area contributed by atoms with E-state index in [1.54, 1.807) is 0 Å². The number of hydrogen-bond donors (Lipinski definition) is 0. The molecule has 12 aromatic carbocycles. The number of rotatable bonds is 5. The quantitative estimate of drug-likeness (QED) is 0.169. The van der Waals surface area contributed by atoms with Crippen molar-refractivity contribution in [2.75, 3.05) is 0 Å². The SMILES string of the molecule is Cc1cc(C)cc(-c2c(-n3c4ccc(C)cc4c4cc(C)ccc43)c(-n3c4ccccc4c4ccc5c6ccccc6sc5c43)c(C#N)c(-n3c4ccccc4c4ccc5c6ccccc6sc5c43)c2-n2c3ccc(C)cc3c3cc(C)ccc32)c1. The maximum atomic E-state index is 13.4. The Kier molecular flexibility index (Phi) is 10.2. The number of hydrogen-bond acceptors (Lipinski definition) is 3. The van der Waals surface area contributed by atoms with E-state index < -0.39 is 0 Å². The van der Waals surface area contributed by atoms with Crippen LogP contribution in [0.3, 0.4) is 0 Å². The van der Waals surface area contributed by atoms with E-state index in [2.05, 4.69) is 278 Å². The van der Waals surface area contributed by atoms with Crippen molar-refractivity contribution < 1.29 is 0 Å². The van der Waals surface area contributed by atoms with Crippen LogP contribution in [-0.2, 0) is 0 Å². The molecule has 5 nitrogen and oxygen atoms in total. The number of aryl methyl sites for hydroxylation is 6. The van der Waals surface area contributed by atoms with Crippen molar-refractivity contribution in [1.82, 2.24) is 18.3 Å². The third kappa shape index (κ3) is 6.68. The second-order valence-electron chi connectivity index (χ2n) is 24.0. The van der Waals surface area contributed by atoms with Gasteiger partial charge >= 0.3 is 0 Å². The summed E-state index contributed by atoms with van der Waals surface area (Å²) in [5.74, 6) is 0. The molecule has 6 heterocycles. The summed E-state index contributed by atoms with van der Waals surface area (Å²) in [5.41, 5.74) is 21.7. The zero-order valence-electron chi connectivity index (χ0n) is 48.3. The maximum absolute atomic E-state index is 13.4. The summed E-state index contributed by atoms with van der Waals surface area (Å²) < 4.78 is 14.9. The second-order valence-corrected chi connectivity index (χ2v) is 26.1. The number of nitrogens with zero attached hydrogens (tertiary/aromatic N) is 5. The molecule has 0 radical (unpaired) electrons. The molecule has 0 atom stereocenters. The van der Waals surface area contributed by atoms with Gasteiger partial charge in [0.1, 0.15) is 11.6 Å². The van der Waals surface area contributed by atoms with Gasteiger partial charge in [-0.25, -0.2) is 0 Å². The van der Waals surface area contributed by atoms with Crippen LogP contribution in [0.15, 0.2) is 212 Å². The number of thiophene rings is 2. The van der Waals surface area contributed by atoms with E-state index in [4.69, 9.17) is 0 Å². The molecule has 0 N–H and O–H groups in total. The normalized spacial score (nSPS) is 12.3. The van der Waals surface area contributed by atoms with Gasteiger partial charge < -0.3 is 18.3 Å². The van der Waals surface area contributed by atoms with Gasteiger partial charge in [0.15, 0.2) is 0 Å². The first kappa shape index (κ1) is 49.2. The van der Waals surface area contributed by atoms with Crippen molar-refractivity contribution in [3.05, 3.63) is 251 Å². The molecular formula is C79H53N5S2. The Bertz CT molecular complexity index is 5640. The van der Waals surface area contributed by atoms with Gasteiger partial charge in [0, 0.05) is 79.6 Å². The lowest BCUT2D eigenvalue weighted by molar-refractivity contribution is 1.04.